The lowest BCUT2D eigenvalue weighted by molar-refractivity contribution is 0.403. The number of methoxy groups -OCH3 is 1. The lowest BCUT2D eigenvalue weighted by Crippen LogP contribution is -2.13. The standard InChI is InChI=1S/C13H19NO/c1-9-4-5-12(15-3)11(6-9)13(2)7-10(13)8-14/h4-6,10H,7-8,14H2,1-3H3. The maximum Gasteiger partial charge on any atom is 0.122 e. The molecule has 2 atom stereocenters. The van der Waals surface area contributed by atoms with Crippen LogP contribution in [-0.4, -0.2) is 13.7 Å². The first-order valence-corrected chi connectivity index (χ1v) is 5.47. The number of nitrogens with two attached hydrogens (primary N) is 1. The molecule has 0 bridgehead atoms. The van der Waals surface area contributed by atoms with E-state index in [9.17, 15) is 0 Å². The maximum absolute atomic E-state index is 5.74. The molecule has 0 spiro atoms. The fourth-order valence-corrected chi connectivity index (χ4v) is 2.39. The molecular formula is C13H19NO. The minimum Gasteiger partial charge on any atom is -0.496 e. The Bertz CT molecular complexity index is 375. The Balaban J connectivity index is 2.39. The Morgan fingerprint density at radius 3 is 2.80 bits per heavy atom. The molecule has 0 amide bonds. The quantitative estimate of drug-likeness (QED) is 0.821. The second-order valence-electron chi connectivity index (χ2n) is 4.76. The van der Waals surface area contributed by atoms with Gasteiger partial charge in [-0.15, -0.1) is 0 Å². The van der Waals surface area contributed by atoms with E-state index in [2.05, 4.69) is 32.0 Å². The van der Waals surface area contributed by atoms with Gasteiger partial charge in [-0.1, -0.05) is 24.6 Å². The highest BCUT2D eigenvalue weighted by molar-refractivity contribution is 5.46. The Labute approximate surface area is 91.4 Å². The highest BCUT2D eigenvalue weighted by Gasteiger charge is 2.51. The molecule has 1 aliphatic carbocycles. The zero-order chi connectivity index (χ0) is 11.1. The van der Waals surface area contributed by atoms with Crippen molar-refractivity contribution in [3.05, 3.63) is 29.3 Å². The van der Waals surface area contributed by atoms with E-state index in [0.717, 1.165) is 12.3 Å². The van der Waals surface area contributed by atoms with E-state index in [-0.39, 0.29) is 5.41 Å². The summed E-state index contributed by atoms with van der Waals surface area (Å²) in [5.41, 5.74) is 8.58. The fourth-order valence-electron chi connectivity index (χ4n) is 2.39. The topological polar surface area (TPSA) is 35.2 Å². The van der Waals surface area contributed by atoms with E-state index in [4.69, 9.17) is 10.5 Å². The van der Waals surface area contributed by atoms with Crippen LogP contribution in [0.1, 0.15) is 24.5 Å². The average molecular weight is 205 g/mol. The summed E-state index contributed by atoms with van der Waals surface area (Å²) >= 11 is 0. The molecule has 1 aliphatic rings. The van der Waals surface area contributed by atoms with Crippen LogP contribution < -0.4 is 10.5 Å². The molecule has 0 aliphatic heterocycles. The first-order chi connectivity index (χ1) is 7.11. The van der Waals surface area contributed by atoms with Gasteiger partial charge in [0, 0.05) is 11.0 Å². The highest BCUT2D eigenvalue weighted by Crippen LogP contribution is 2.55. The van der Waals surface area contributed by atoms with E-state index in [1.165, 1.54) is 17.5 Å². The molecule has 0 saturated heterocycles. The summed E-state index contributed by atoms with van der Waals surface area (Å²) in [4.78, 5) is 0. The van der Waals surface area contributed by atoms with E-state index < -0.39 is 0 Å². The number of hydrogen-bond donors (Lipinski definition) is 1. The summed E-state index contributed by atoms with van der Waals surface area (Å²) in [6, 6.07) is 6.38. The molecule has 1 fully saturated rings. The molecule has 2 heteroatoms. The van der Waals surface area contributed by atoms with Crippen LogP contribution in [-0.2, 0) is 5.41 Å². The Kier molecular flexibility index (Phi) is 2.47. The van der Waals surface area contributed by atoms with Crippen molar-refractivity contribution in [1.82, 2.24) is 0 Å². The van der Waals surface area contributed by atoms with E-state index in [0.29, 0.717) is 5.92 Å². The van der Waals surface area contributed by atoms with Gasteiger partial charge in [0.15, 0.2) is 0 Å². The SMILES string of the molecule is COc1ccc(C)cc1C1(C)CC1CN. The van der Waals surface area contributed by atoms with Gasteiger partial charge >= 0.3 is 0 Å². The van der Waals surface area contributed by atoms with Crippen molar-refractivity contribution in [2.45, 2.75) is 25.7 Å². The molecule has 0 radical (unpaired) electrons. The van der Waals surface area contributed by atoms with E-state index in [1.54, 1.807) is 7.11 Å². The van der Waals surface area contributed by atoms with Gasteiger partial charge in [0.25, 0.3) is 0 Å². The van der Waals surface area contributed by atoms with Crippen LogP contribution in [0.5, 0.6) is 5.75 Å². The average Bonchev–Trinajstić information content (AvgIpc) is 2.91. The number of ether oxygens (including phenoxy) is 1. The predicted molar refractivity (Wildman–Crippen MR) is 62.2 cm³/mol. The second-order valence-corrected chi connectivity index (χ2v) is 4.76. The number of rotatable bonds is 3. The van der Waals surface area contributed by atoms with Gasteiger partial charge in [-0.25, -0.2) is 0 Å². The van der Waals surface area contributed by atoms with Crippen LogP contribution in [0.15, 0.2) is 18.2 Å². The van der Waals surface area contributed by atoms with E-state index in [1.807, 2.05) is 0 Å². The predicted octanol–water partition coefficient (Wildman–Crippen LogP) is 2.24. The number of aryl methyl sites for hydroxylation is 1. The van der Waals surface area contributed by atoms with Gasteiger partial charge in [-0.2, -0.15) is 0 Å². The zero-order valence-electron chi connectivity index (χ0n) is 9.71. The minimum absolute atomic E-state index is 0.242. The third-order valence-corrected chi connectivity index (χ3v) is 3.67. The Hall–Kier alpha value is -1.02. The van der Waals surface area contributed by atoms with Gasteiger partial charge in [0.05, 0.1) is 7.11 Å². The van der Waals surface area contributed by atoms with E-state index >= 15 is 0 Å². The molecule has 2 nitrogen and oxygen atoms in total. The van der Waals surface area contributed by atoms with Gasteiger partial charge in [-0.3, -0.25) is 0 Å². The molecule has 15 heavy (non-hydrogen) atoms. The minimum atomic E-state index is 0.242. The summed E-state index contributed by atoms with van der Waals surface area (Å²) in [5, 5.41) is 0. The molecular weight excluding hydrogens is 186 g/mol. The second kappa shape index (κ2) is 3.53. The summed E-state index contributed by atoms with van der Waals surface area (Å²) in [6.45, 7) is 5.17. The van der Waals surface area contributed by atoms with Crippen LogP contribution in [0.2, 0.25) is 0 Å². The number of hydrogen-bond acceptors (Lipinski definition) is 2. The molecule has 2 rings (SSSR count). The van der Waals surface area contributed by atoms with Crippen molar-refractivity contribution >= 4 is 0 Å². The summed E-state index contributed by atoms with van der Waals surface area (Å²) < 4.78 is 5.42. The van der Waals surface area contributed by atoms with Gasteiger partial charge < -0.3 is 10.5 Å². The first kappa shape index (κ1) is 10.5. The Morgan fingerprint density at radius 2 is 2.27 bits per heavy atom. The van der Waals surface area contributed by atoms with Crippen molar-refractivity contribution < 1.29 is 4.74 Å². The van der Waals surface area contributed by atoms with Crippen molar-refractivity contribution in [2.24, 2.45) is 11.7 Å². The molecule has 1 aromatic rings. The smallest absolute Gasteiger partial charge is 0.122 e. The van der Waals surface area contributed by atoms with Crippen molar-refractivity contribution in [3.63, 3.8) is 0 Å². The number of benzene rings is 1. The molecule has 0 aromatic heterocycles. The van der Waals surface area contributed by atoms with Crippen molar-refractivity contribution in [1.29, 1.82) is 0 Å². The highest BCUT2D eigenvalue weighted by atomic mass is 16.5. The Morgan fingerprint density at radius 1 is 1.53 bits per heavy atom. The summed E-state index contributed by atoms with van der Waals surface area (Å²) in [7, 11) is 1.73. The zero-order valence-corrected chi connectivity index (χ0v) is 9.71. The molecule has 2 N–H and O–H groups in total. The monoisotopic (exact) mass is 205 g/mol. The van der Waals surface area contributed by atoms with Crippen LogP contribution >= 0.6 is 0 Å². The molecule has 1 saturated carbocycles. The fraction of sp³-hybridized carbons (Fsp3) is 0.538. The first-order valence-electron chi connectivity index (χ1n) is 5.47. The molecule has 82 valence electrons. The van der Waals surface area contributed by atoms with Crippen LogP contribution in [0, 0.1) is 12.8 Å². The van der Waals surface area contributed by atoms with Crippen LogP contribution in [0.25, 0.3) is 0 Å². The molecule has 2 unspecified atom stereocenters. The van der Waals surface area contributed by atoms with Crippen LogP contribution in [0.3, 0.4) is 0 Å². The summed E-state index contributed by atoms with van der Waals surface area (Å²) in [5.74, 6) is 1.62. The van der Waals surface area contributed by atoms with Gasteiger partial charge in [0.1, 0.15) is 5.75 Å². The maximum atomic E-state index is 5.74. The molecule has 0 heterocycles. The van der Waals surface area contributed by atoms with Crippen molar-refractivity contribution in [2.75, 3.05) is 13.7 Å². The third kappa shape index (κ3) is 1.63. The van der Waals surface area contributed by atoms with Crippen LogP contribution in [0.4, 0.5) is 0 Å². The van der Waals surface area contributed by atoms with Gasteiger partial charge in [0.2, 0.25) is 0 Å². The summed E-state index contributed by atoms with van der Waals surface area (Å²) in [6.07, 6.45) is 1.18. The third-order valence-electron chi connectivity index (χ3n) is 3.67. The lowest BCUT2D eigenvalue weighted by atomic mass is 9.93. The molecule has 1 aromatic carbocycles. The normalized spacial score (nSPS) is 28.9. The lowest BCUT2D eigenvalue weighted by Gasteiger charge is -2.16. The van der Waals surface area contributed by atoms with Crippen molar-refractivity contribution in [3.8, 4) is 5.75 Å². The largest absolute Gasteiger partial charge is 0.496 e. The van der Waals surface area contributed by atoms with Gasteiger partial charge in [-0.05, 0) is 31.9 Å².